The van der Waals surface area contributed by atoms with Gasteiger partial charge in [-0.3, -0.25) is 0 Å². The Hall–Kier alpha value is -3.01. The fourth-order valence-electron chi connectivity index (χ4n) is 2.60. The lowest BCUT2D eigenvalue weighted by Crippen LogP contribution is -1.86. The molecule has 0 amide bonds. The summed E-state index contributed by atoms with van der Waals surface area (Å²) in [6.45, 7) is 0. The molecule has 1 heterocycles. The summed E-state index contributed by atoms with van der Waals surface area (Å²) in [5.74, 6) is -0.566. The summed E-state index contributed by atoms with van der Waals surface area (Å²) in [6.07, 6.45) is 0. The third kappa shape index (κ3) is 2.28. The van der Waals surface area contributed by atoms with Crippen LogP contribution in [0.25, 0.3) is 33.7 Å². The molecule has 23 heavy (non-hydrogen) atoms. The van der Waals surface area contributed by atoms with Crippen LogP contribution in [0.4, 0.5) is 8.78 Å². The van der Waals surface area contributed by atoms with Crippen LogP contribution in [0.1, 0.15) is 0 Å². The number of oxazole rings is 1. The Morgan fingerprint density at radius 1 is 0.652 bits per heavy atom. The van der Waals surface area contributed by atoms with Gasteiger partial charge in [0.25, 0.3) is 0 Å². The van der Waals surface area contributed by atoms with Crippen LogP contribution in [0.15, 0.2) is 71.1 Å². The fraction of sp³-hybridized carbons (Fsp3) is 0. The molecule has 112 valence electrons. The highest BCUT2D eigenvalue weighted by Gasteiger charge is 2.16. The second kappa shape index (κ2) is 5.32. The van der Waals surface area contributed by atoms with Crippen molar-refractivity contribution in [2.75, 3.05) is 0 Å². The zero-order valence-corrected chi connectivity index (χ0v) is 12.0. The van der Waals surface area contributed by atoms with E-state index in [4.69, 9.17) is 4.42 Å². The van der Waals surface area contributed by atoms with Gasteiger partial charge in [0.15, 0.2) is 5.58 Å². The van der Waals surface area contributed by atoms with E-state index < -0.39 is 5.82 Å². The Kier molecular flexibility index (Phi) is 3.15. The molecule has 1 aromatic heterocycles. The van der Waals surface area contributed by atoms with Crippen LogP contribution in [-0.2, 0) is 0 Å². The van der Waals surface area contributed by atoms with E-state index in [2.05, 4.69) is 4.98 Å². The van der Waals surface area contributed by atoms with Gasteiger partial charge in [-0.2, -0.15) is 0 Å². The maximum Gasteiger partial charge on any atom is 0.230 e. The minimum absolute atomic E-state index is 0.182. The highest BCUT2D eigenvalue weighted by Crippen LogP contribution is 2.33. The Morgan fingerprint density at radius 2 is 1.26 bits per heavy atom. The molecule has 4 rings (SSSR count). The molecule has 0 radical (unpaired) electrons. The Bertz CT molecular complexity index is 1010. The van der Waals surface area contributed by atoms with Crippen molar-refractivity contribution < 1.29 is 13.2 Å². The summed E-state index contributed by atoms with van der Waals surface area (Å²) in [5, 5.41) is 0. The van der Waals surface area contributed by atoms with Crippen molar-refractivity contribution in [1.29, 1.82) is 0 Å². The number of halogens is 2. The highest BCUT2D eigenvalue weighted by atomic mass is 19.1. The second-order valence-corrected chi connectivity index (χ2v) is 5.13. The fourth-order valence-corrected chi connectivity index (χ4v) is 2.60. The summed E-state index contributed by atoms with van der Waals surface area (Å²) in [5.41, 5.74) is 2.33. The van der Waals surface area contributed by atoms with E-state index in [1.165, 1.54) is 12.1 Å². The maximum absolute atomic E-state index is 14.1. The van der Waals surface area contributed by atoms with Crippen molar-refractivity contribution in [3.05, 3.63) is 78.4 Å². The molecule has 4 heteroatoms. The van der Waals surface area contributed by atoms with E-state index >= 15 is 0 Å². The molecule has 0 aliphatic carbocycles. The maximum atomic E-state index is 14.1. The highest BCUT2D eigenvalue weighted by molar-refractivity contribution is 5.92. The lowest BCUT2D eigenvalue weighted by Gasteiger charge is -2.02. The van der Waals surface area contributed by atoms with E-state index in [-0.39, 0.29) is 17.3 Å². The molecule has 4 aromatic rings. The smallest absolute Gasteiger partial charge is 0.230 e. The number of hydrogen-bond acceptors (Lipinski definition) is 2. The quantitative estimate of drug-likeness (QED) is 0.493. The lowest BCUT2D eigenvalue weighted by molar-refractivity contribution is 0.593. The number of rotatable bonds is 2. The van der Waals surface area contributed by atoms with Gasteiger partial charge in [-0.15, -0.1) is 0 Å². The Balaban J connectivity index is 1.96. The van der Waals surface area contributed by atoms with Crippen LogP contribution in [0.3, 0.4) is 0 Å². The predicted octanol–water partition coefficient (Wildman–Crippen LogP) is 5.44. The van der Waals surface area contributed by atoms with Crippen molar-refractivity contribution in [2.24, 2.45) is 0 Å². The Labute approximate surface area is 131 Å². The largest absolute Gasteiger partial charge is 0.436 e. The van der Waals surface area contributed by atoms with Gasteiger partial charge in [-0.25, -0.2) is 13.8 Å². The lowest BCUT2D eigenvalue weighted by atomic mass is 10.0. The summed E-state index contributed by atoms with van der Waals surface area (Å²) in [7, 11) is 0. The molecule has 0 saturated heterocycles. The molecule has 0 N–H and O–H groups in total. The van der Waals surface area contributed by atoms with Gasteiger partial charge in [0.2, 0.25) is 5.89 Å². The first-order valence-corrected chi connectivity index (χ1v) is 7.13. The van der Waals surface area contributed by atoms with Gasteiger partial charge in [-0.05, 0) is 24.3 Å². The molecule has 0 saturated carbocycles. The van der Waals surface area contributed by atoms with Crippen LogP contribution >= 0.6 is 0 Å². The first kappa shape index (κ1) is 13.6. The van der Waals surface area contributed by atoms with Gasteiger partial charge in [0.05, 0.1) is 5.56 Å². The molecule has 2 nitrogen and oxygen atoms in total. The van der Waals surface area contributed by atoms with Crippen LogP contribution < -0.4 is 0 Å². The molecular formula is C19H11F2NO. The van der Waals surface area contributed by atoms with Crippen LogP contribution in [0.5, 0.6) is 0 Å². The minimum atomic E-state index is -0.411. The number of benzene rings is 3. The Morgan fingerprint density at radius 3 is 1.96 bits per heavy atom. The second-order valence-electron chi connectivity index (χ2n) is 5.13. The molecule has 0 atom stereocenters. The van der Waals surface area contributed by atoms with Gasteiger partial charge in [0.1, 0.15) is 17.2 Å². The predicted molar refractivity (Wildman–Crippen MR) is 84.8 cm³/mol. The monoisotopic (exact) mass is 307 g/mol. The standard InChI is InChI=1S/C19H11F2NO/c20-15-9-3-1-6-12(15)13-8-5-11-17-18(13)22-19(23-17)14-7-2-4-10-16(14)21/h1-11H. The number of aromatic nitrogens is 1. The van der Waals surface area contributed by atoms with E-state index in [0.717, 1.165) is 0 Å². The van der Waals surface area contributed by atoms with Crippen LogP contribution in [0.2, 0.25) is 0 Å². The summed E-state index contributed by atoms with van der Waals surface area (Å²) in [4.78, 5) is 4.39. The number of para-hydroxylation sites is 1. The molecular weight excluding hydrogens is 296 g/mol. The first-order valence-electron chi connectivity index (χ1n) is 7.13. The average molecular weight is 307 g/mol. The van der Waals surface area contributed by atoms with Crippen molar-refractivity contribution in [1.82, 2.24) is 4.98 Å². The molecule has 0 spiro atoms. The van der Waals surface area contributed by atoms with Crippen molar-refractivity contribution in [3.8, 4) is 22.6 Å². The molecule has 0 unspecified atom stereocenters. The topological polar surface area (TPSA) is 26.0 Å². The van der Waals surface area contributed by atoms with Gasteiger partial charge >= 0.3 is 0 Å². The number of nitrogens with zero attached hydrogens (tertiary/aromatic N) is 1. The molecule has 3 aromatic carbocycles. The van der Waals surface area contributed by atoms with Crippen LogP contribution in [0, 0.1) is 11.6 Å². The third-order valence-corrected chi connectivity index (χ3v) is 3.69. The minimum Gasteiger partial charge on any atom is -0.436 e. The van der Waals surface area contributed by atoms with Crippen LogP contribution in [-0.4, -0.2) is 4.98 Å². The summed E-state index contributed by atoms with van der Waals surface area (Å²) < 4.78 is 33.7. The van der Waals surface area contributed by atoms with E-state index in [1.54, 1.807) is 54.6 Å². The van der Waals surface area contributed by atoms with Crippen molar-refractivity contribution in [3.63, 3.8) is 0 Å². The SMILES string of the molecule is Fc1ccccc1-c1nc2c(-c3ccccc3F)cccc2o1. The van der Waals surface area contributed by atoms with Crippen molar-refractivity contribution in [2.45, 2.75) is 0 Å². The van der Waals surface area contributed by atoms with Gasteiger partial charge in [0, 0.05) is 11.1 Å². The van der Waals surface area contributed by atoms with E-state index in [0.29, 0.717) is 22.2 Å². The molecule has 0 aliphatic heterocycles. The normalized spacial score (nSPS) is 11.0. The van der Waals surface area contributed by atoms with Gasteiger partial charge in [-0.1, -0.05) is 42.5 Å². The summed E-state index contributed by atoms with van der Waals surface area (Å²) in [6, 6.07) is 18.0. The summed E-state index contributed by atoms with van der Waals surface area (Å²) >= 11 is 0. The molecule has 0 fully saturated rings. The zero-order chi connectivity index (χ0) is 15.8. The first-order chi connectivity index (χ1) is 11.2. The molecule has 0 bridgehead atoms. The van der Waals surface area contributed by atoms with Gasteiger partial charge < -0.3 is 4.42 Å². The number of hydrogen-bond donors (Lipinski definition) is 0. The third-order valence-electron chi connectivity index (χ3n) is 3.69. The molecule has 0 aliphatic rings. The van der Waals surface area contributed by atoms with Crippen molar-refractivity contribution >= 4 is 11.1 Å². The van der Waals surface area contributed by atoms with E-state index in [9.17, 15) is 8.78 Å². The zero-order valence-electron chi connectivity index (χ0n) is 12.0. The van der Waals surface area contributed by atoms with E-state index in [1.807, 2.05) is 0 Å². The average Bonchev–Trinajstić information content (AvgIpc) is 3.00. The number of fused-ring (bicyclic) bond motifs is 1.